The topological polar surface area (TPSA) is 23.8 Å². The zero-order chi connectivity index (χ0) is 23.6. The lowest BCUT2D eigenvalue weighted by atomic mass is 9.85. The molecule has 0 heterocycles. The van der Waals surface area contributed by atoms with Gasteiger partial charge in [0.05, 0.1) is 11.6 Å². The molecule has 0 bridgehead atoms. The molecule has 0 radical (unpaired) electrons. The van der Waals surface area contributed by atoms with Crippen molar-refractivity contribution in [1.29, 1.82) is 5.26 Å². The van der Waals surface area contributed by atoms with Gasteiger partial charge in [0.25, 0.3) is 0 Å². The lowest BCUT2D eigenvalue weighted by molar-refractivity contribution is 1.22. The molecule has 0 amide bonds. The highest BCUT2D eigenvalue weighted by Crippen LogP contribution is 2.40. The van der Waals surface area contributed by atoms with Crippen molar-refractivity contribution in [3.8, 4) is 28.3 Å². The van der Waals surface area contributed by atoms with Gasteiger partial charge < -0.3 is 0 Å². The van der Waals surface area contributed by atoms with Crippen LogP contribution in [-0.4, -0.2) is 0 Å². The highest BCUT2D eigenvalue weighted by molar-refractivity contribution is 6.16. The van der Waals surface area contributed by atoms with Crippen LogP contribution in [0.2, 0.25) is 0 Å². The van der Waals surface area contributed by atoms with E-state index in [4.69, 9.17) is 5.26 Å². The second-order valence-electron chi connectivity index (χ2n) is 8.87. The first-order valence-corrected chi connectivity index (χ1v) is 11.9. The normalized spacial score (nSPS) is 10.9. The van der Waals surface area contributed by atoms with Crippen LogP contribution in [0.15, 0.2) is 127 Å². The summed E-state index contributed by atoms with van der Waals surface area (Å²) in [5.74, 6) is 0. The highest BCUT2D eigenvalue weighted by atomic mass is 14.2. The molecule has 0 N–H and O–H groups in total. The maximum Gasteiger partial charge on any atom is 0.0991 e. The summed E-state index contributed by atoms with van der Waals surface area (Å²) in [6.07, 6.45) is 0.874. The van der Waals surface area contributed by atoms with Crippen LogP contribution in [0.25, 0.3) is 43.8 Å². The van der Waals surface area contributed by atoms with E-state index in [-0.39, 0.29) is 0 Å². The van der Waals surface area contributed by atoms with Gasteiger partial charge in [-0.3, -0.25) is 0 Å². The van der Waals surface area contributed by atoms with Gasteiger partial charge in [-0.1, -0.05) is 115 Å². The zero-order valence-corrected chi connectivity index (χ0v) is 19.3. The lowest BCUT2D eigenvalue weighted by Crippen LogP contribution is -1.97. The summed E-state index contributed by atoms with van der Waals surface area (Å²) in [4.78, 5) is 0. The number of nitrogens with zero attached hydrogens (tertiary/aromatic N) is 1. The van der Waals surface area contributed by atoms with E-state index in [9.17, 15) is 0 Å². The second kappa shape index (κ2) is 8.93. The Kier molecular flexibility index (Phi) is 5.34. The van der Waals surface area contributed by atoms with Gasteiger partial charge in [-0.25, -0.2) is 0 Å². The SMILES string of the molecule is N#Cc1ccc(-c2ccc(-c3c(Cc4ccccc4)c4ccccc4c4ccccc34)cc2)cc1. The first kappa shape index (κ1) is 20.9. The van der Waals surface area contributed by atoms with Crippen molar-refractivity contribution < 1.29 is 0 Å². The molecule has 6 aromatic rings. The summed E-state index contributed by atoms with van der Waals surface area (Å²) >= 11 is 0. The quantitative estimate of drug-likeness (QED) is 0.249. The molecule has 35 heavy (non-hydrogen) atoms. The molecule has 6 rings (SSSR count). The van der Waals surface area contributed by atoms with Crippen LogP contribution < -0.4 is 0 Å². The van der Waals surface area contributed by atoms with Crippen molar-refractivity contribution in [1.82, 2.24) is 0 Å². The average Bonchev–Trinajstić information content (AvgIpc) is 2.94. The fraction of sp³-hybridized carbons (Fsp3) is 0.0294. The molecular weight excluding hydrogens is 422 g/mol. The number of hydrogen-bond acceptors (Lipinski definition) is 1. The molecule has 0 aliphatic heterocycles. The van der Waals surface area contributed by atoms with E-state index in [1.165, 1.54) is 43.8 Å². The molecule has 0 fully saturated rings. The van der Waals surface area contributed by atoms with Crippen LogP contribution in [-0.2, 0) is 6.42 Å². The third-order valence-corrected chi connectivity index (χ3v) is 6.79. The van der Waals surface area contributed by atoms with Gasteiger partial charge in [0.1, 0.15) is 0 Å². The second-order valence-corrected chi connectivity index (χ2v) is 8.87. The van der Waals surface area contributed by atoms with Crippen LogP contribution in [0.5, 0.6) is 0 Å². The van der Waals surface area contributed by atoms with Crippen LogP contribution >= 0.6 is 0 Å². The molecule has 0 aliphatic rings. The molecule has 1 heteroatoms. The van der Waals surface area contributed by atoms with Crippen molar-refractivity contribution in [2.75, 3.05) is 0 Å². The standard InChI is InChI=1S/C34H23N/c35-23-25-14-16-26(17-15-25)27-18-20-28(21-19-27)34-32-13-7-6-11-30(32)29-10-4-5-12-31(29)33(34)22-24-8-2-1-3-9-24/h1-21H,22H2. The largest absolute Gasteiger partial charge is 0.192 e. The van der Waals surface area contributed by atoms with Gasteiger partial charge in [0, 0.05) is 0 Å². The number of fused-ring (bicyclic) bond motifs is 3. The summed E-state index contributed by atoms with van der Waals surface area (Å²) in [6.45, 7) is 0. The minimum Gasteiger partial charge on any atom is -0.192 e. The molecule has 0 aromatic heterocycles. The Hall–Kier alpha value is -4.67. The molecule has 6 aromatic carbocycles. The number of hydrogen-bond donors (Lipinski definition) is 0. The summed E-state index contributed by atoms with van der Waals surface area (Å²) in [5, 5.41) is 14.3. The van der Waals surface area contributed by atoms with E-state index in [1.807, 2.05) is 24.3 Å². The Morgan fingerprint density at radius 3 is 1.57 bits per heavy atom. The van der Waals surface area contributed by atoms with Crippen molar-refractivity contribution in [2.24, 2.45) is 0 Å². The van der Waals surface area contributed by atoms with E-state index in [0.717, 1.165) is 17.5 Å². The molecule has 0 saturated carbocycles. The molecule has 0 unspecified atom stereocenters. The summed E-state index contributed by atoms with van der Waals surface area (Å²) in [5.41, 5.74) is 8.12. The van der Waals surface area contributed by atoms with E-state index in [0.29, 0.717) is 5.56 Å². The van der Waals surface area contributed by atoms with E-state index >= 15 is 0 Å². The maximum absolute atomic E-state index is 9.11. The first-order chi connectivity index (χ1) is 17.3. The fourth-order valence-electron chi connectivity index (χ4n) is 5.09. The fourth-order valence-corrected chi connectivity index (χ4v) is 5.09. The Morgan fingerprint density at radius 2 is 0.943 bits per heavy atom. The minimum atomic E-state index is 0.679. The van der Waals surface area contributed by atoms with Crippen LogP contribution in [0.4, 0.5) is 0 Å². The Balaban J connectivity index is 1.57. The molecular formula is C34H23N. The average molecular weight is 446 g/mol. The van der Waals surface area contributed by atoms with Gasteiger partial charge in [-0.05, 0) is 73.5 Å². The van der Waals surface area contributed by atoms with Gasteiger partial charge in [0.2, 0.25) is 0 Å². The summed E-state index contributed by atoms with van der Waals surface area (Å²) < 4.78 is 0. The highest BCUT2D eigenvalue weighted by Gasteiger charge is 2.16. The first-order valence-electron chi connectivity index (χ1n) is 11.9. The zero-order valence-electron chi connectivity index (χ0n) is 19.3. The van der Waals surface area contributed by atoms with Gasteiger partial charge in [0.15, 0.2) is 0 Å². The van der Waals surface area contributed by atoms with E-state index < -0.39 is 0 Å². The smallest absolute Gasteiger partial charge is 0.0991 e. The van der Waals surface area contributed by atoms with Crippen LogP contribution in [0.1, 0.15) is 16.7 Å². The number of benzene rings is 6. The number of rotatable bonds is 4. The van der Waals surface area contributed by atoms with Gasteiger partial charge in [-0.15, -0.1) is 0 Å². The Bertz CT molecular complexity index is 1690. The third kappa shape index (κ3) is 3.86. The predicted octanol–water partition coefficient (Wildman–Crippen LogP) is 8.79. The van der Waals surface area contributed by atoms with Gasteiger partial charge >= 0.3 is 0 Å². The summed E-state index contributed by atoms with van der Waals surface area (Å²) in [6, 6.07) is 47.1. The van der Waals surface area contributed by atoms with E-state index in [2.05, 4.69) is 109 Å². The Labute approximate surface area is 205 Å². The predicted molar refractivity (Wildman–Crippen MR) is 146 cm³/mol. The molecule has 164 valence electrons. The summed E-state index contributed by atoms with van der Waals surface area (Å²) in [7, 11) is 0. The van der Waals surface area contributed by atoms with Crippen molar-refractivity contribution in [3.63, 3.8) is 0 Å². The maximum atomic E-state index is 9.11. The molecule has 1 nitrogen and oxygen atoms in total. The Morgan fingerprint density at radius 1 is 0.457 bits per heavy atom. The molecule has 0 spiro atoms. The van der Waals surface area contributed by atoms with Crippen molar-refractivity contribution in [2.45, 2.75) is 6.42 Å². The lowest BCUT2D eigenvalue weighted by Gasteiger charge is -2.18. The molecule has 0 aliphatic carbocycles. The van der Waals surface area contributed by atoms with Crippen molar-refractivity contribution >= 4 is 21.5 Å². The van der Waals surface area contributed by atoms with Crippen LogP contribution in [0, 0.1) is 11.3 Å². The van der Waals surface area contributed by atoms with Gasteiger partial charge in [-0.2, -0.15) is 5.26 Å². The monoisotopic (exact) mass is 445 g/mol. The number of nitriles is 1. The minimum absolute atomic E-state index is 0.679. The van der Waals surface area contributed by atoms with Crippen molar-refractivity contribution in [3.05, 3.63) is 144 Å². The van der Waals surface area contributed by atoms with E-state index in [1.54, 1.807) is 0 Å². The molecule has 0 saturated heterocycles. The third-order valence-electron chi connectivity index (χ3n) is 6.79. The molecule has 0 atom stereocenters. The van der Waals surface area contributed by atoms with Crippen LogP contribution in [0.3, 0.4) is 0 Å².